The molecule has 0 aliphatic carbocycles. The Hall–Kier alpha value is 0.310. The minimum Gasteiger partial charge on any atom is -0.631 e. The fourth-order valence-corrected chi connectivity index (χ4v) is 0.461. The minimum atomic E-state index is -0.319. The van der Waals surface area contributed by atoms with Crippen LogP contribution in [0.15, 0.2) is 0 Å². The summed E-state index contributed by atoms with van der Waals surface area (Å²) in [5, 5.41) is 10.3. The van der Waals surface area contributed by atoms with Gasteiger partial charge in [-0.2, -0.15) is 0 Å². The maximum Gasteiger partial charge on any atom is 0.191 e. The summed E-state index contributed by atoms with van der Waals surface area (Å²) in [6, 6.07) is 0. The Kier molecular flexibility index (Phi) is 0.691. The Labute approximate surface area is 38.5 Å². The van der Waals surface area contributed by atoms with Gasteiger partial charge in [0.05, 0.1) is 9.39 Å². The highest BCUT2D eigenvalue weighted by atomic mass is 31.0. The first-order valence-corrected chi connectivity index (χ1v) is 2.27. The SMILES string of the molecule is NC1C[N+]1([O-])P. The van der Waals surface area contributed by atoms with Gasteiger partial charge in [0, 0.05) is 0 Å². The molecule has 3 nitrogen and oxygen atoms in total. The van der Waals surface area contributed by atoms with Crippen molar-refractivity contribution in [1.82, 2.24) is 0 Å². The standard InChI is InChI=1S/C2H7N2OP/c3-2-1-4(2,5)6/h2H,1,3,6H2. The fourth-order valence-electron chi connectivity index (χ4n) is 0.245. The van der Waals surface area contributed by atoms with Crippen LogP contribution in [0.3, 0.4) is 0 Å². The molecule has 2 N–H and O–H groups in total. The number of nitrogens with two attached hydrogens (primary N) is 1. The molecule has 0 spiro atoms. The van der Waals surface area contributed by atoms with E-state index in [-0.39, 0.29) is 10.6 Å². The maximum atomic E-state index is 10.3. The zero-order valence-electron chi connectivity index (χ0n) is 3.29. The number of quaternary nitrogens is 1. The molecular weight excluding hydrogens is 99.0 g/mol. The fraction of sp³-hybridized carbons (Fsp3) is 1.00. The molecule has 6 heavy (non-hydrogen) atoms. The van der Waals surface area contributed by atoms with Crippen molar-refractivity contribution in [2.24, 2.45) is 5.73 Å². The molecule has 0 amide bonds. The van der Waals surface area contributed by atoms with Crippen LogP contribution in [0.25, 0.3) is 0 Å². The van der Waals surface area contributed by atoms with Crippen LogP contribution in [0.5, 0.6) is 0 Å². The van der Waals surface area contributed by atoms with Crippen molar-refractivity contribution in [2.75, 3.05) is 6.54 Å². The molecule has 36 valence electrons. The molecule has 1 saturated heterocycles. The predicted octanol–water partition coefficient (Wildman–Crippen LogP) is -0.610. The number of nitrogens with zero attached hydrogens (tertiary/aromatic N) is 1. The van der Waals surface area contributed by atoms with Gasteiger partial charge < -0.3 is 9.62 Å². The normalized spacial score (nSPS) is 55.5. The van der Waals surface area contributed by atoms with Crippen molar-refractivity contribution >= 4 is 9.39 Å². The monoisotopic (exact) mass is 106 g/mol. The van der Waals surface area contributed by atoms with E-state index in [0.29, 0.717) is 6.54 Å². The molecule has 1 rings (SSSR count). The van der Waals surface area contributed by atoms with Crippen LogP contribution in [-0.2, 0) is 0 Å². The van der Waals surface area contributed by atoms with Crippen LogP contribution in [0, 0.1) is 5.21 Å². The molecule has 0 saturated carbocycles. The Morgan fingerprint density at radius 3 is 2.17 bits per heavy atom. The van der Waals surface area contributed by atoms with Crippen LogP contribution >= 0.6 is 9.39 Å². The zero-order valence-corrected chi connectivity index (χ0v) is 4.45. The van der Waals surface area contributed by atoms with E-state index >= 15 is 0 Å². The number of hydrogen-bond acceptors (Lipinski definition) is 2. The van der Waals surface area contributed by atoms with E-state index < -0.39 is 0 Å². The predicted molar refractivity (Wildman–Crippen MR) is 26.2 cm³/mol. The van der Waals surface area contributed by atoms with Crippen LogP contribution in [-0.4, -0.2) is 17.1 Å². The first kappa shape index (κ1) is 4.47. The average molecular weight is 106 g/mol. The third-order valence-electron chi connectivity index (χ3n) is 0.900. The molecule has 0 radical (unpaired) electrons. The van der Waals surface area contributed by atoms with Crippen LogP contribution < -0.4 is 5.73 Å². The summed E-state index contributed by atoms with van der Waals surface area (Å²) in [4.78, 5) is 0. The van der Waals surface area contributed by atoms with E-state index in [0.717, 1.165) is 0 Å². The van der Waals surface area contributed by atoms with E-state index in [1.54, 1.807) is 0 Å². The summed E-state index contributed by atoms with van der Waals surface area (Å²) in [6.45, 7) is 0.560. The minimum absolute atomic E-state index is 0.157. The first-order chi connectivity index (χ1) is 2.63. The van der Waals surface area contributed by atoms with Crippen LogP contribution in [0.2, 0.25) is 0 Å². The number of hydrogen-bond donors (Lipinski definition) is 1. The lowest BCUT2D eigenvalue weighted by Gasteiger charge is -2.12. The van der Waals surface area contributed by atoms with Gasteiger partial charge in [-0.1, -0.05) is 0 Å². The van der Waals surface area contributed by atoms with Crippen molar-refractivity contribution in [1.29, 1.82) is 0 Å². The van der Waals surface area contributed by atoms with Gasteiger partial charge in [0.25, 0.3) is 0 Å². The summed E-state index contributed by atoms with van der Waals surface area (Å²) in [7, 11) is 2.12. The van der Waals surface area contributed by atoms with Crippen LogP contribution in [0.1, 0.15) is 0 Å². The summed E-state index contributed by atoms with van der Waals surface area (Å²) >= 11 is 0. The van der Waals surface area contributed by atoms with Gasteiger partial charge in [-0.05, 0) is 0 Å². The van der Waals surface area contributed by atoms with Gasteiger partial charge >= 0.3 is 0 Å². The van der Waals surface area contributed by atoms with Gasteiger partial charge in [0.2, 0.25) is 0 Å². The average Bonchev–Trinajstić information content (AvgIpc) is 1.73. The highest BCUT2D eigenvalue weighted by Gasteiger charge is 2.39. The van der Waals surface area contributed by atoms with Gasteiger partial charge in [-0.25, -0.2) is 0 Å². The van der Waals surface area contributed by atoms with Gasteiger partial charge in [-0.15, -0.1) is 0 Å². The highest BCUT2D eigenvalue weighted by Crippen LogP contribution is 2.30. The first-order valence-electron chi connectivity index (χ1n) is 1.76. The van der Waals surface area contributed by atoms with Crippen molar-refractivity contribution in [3.63, 3.8) is 0 Å². The van der Waals surface area contributed by atoms with Gasteiger partial charge in [-0.3, -0.25) is 5.73 Å². The van der Waals surface area contributed by atoms with Crippen LogP contribution in [0.4, 0.5) is 0 Å². The lowest BCUT2D eigenvalue weighted by molar-refractivity contribution is -0.605. The lowest BCUT2D eigenvalue weighted by atomic mass is 10.8. The summed E-state index contributed by atoms with van der Waals surface area (Å²) < 4.78 is -0.319. The third kappa shape index (κ3) is 0.545. The second kappa shape index (κ2) is 0.928. The molecule has 0 bridgehead atoms. The second-order valence-corrected chi connectivity index (χ2v) is 2.48. The zero-order chi connectivity index (χ0) is 4.78. The molecule has 4 heteroatoms. The van der Waals surface area contributed by atoms with Gasteiger partial charge in [0.15, 0.2) is 6.17 Å². The summed E-state index contributed by atoms with van der Waals surface area (Å²) in [5.41, 5.74) is 5.14. The molecule has 3 atom stereocenters. The maximum absolute atomic E-state index is 10.3. The molecule has 3 unspecified atom stereocenters. The molecule has 0 aromatic carbocycles. The van der Waals surface area contributed by atoms with Crippen molar-refractivity contribution in [2.45, 2.75) is 6.17 Å². The molecule has 1 aliphatic heterocycles. The van der Waals surface area contributed by atoms with Gasteiger partial charge in [0.1, 0.15) is 6.54 Å². The van der Waals surface area contributed by atoms with E-state index in [9.17, 15) is 5.21 Å². The van der Waals surface area contributed by atoms with E-state index in [1.807, 2.05) is 0 Å². The Bertz CT molecular complexity index is 73.9. The van der Waals surface area contributed by atoms with E-state index in [1.165, 1.54) is 0 Å². The van der Waals surface area contributed by atoms with E-state index in [2.05, 4.69) is 9.39 Å². The van der Waals surface area contributed by atoms with Crippen molar-refractivity contribution in [3.05, 3.63) is 5.21 Å². The topological polar surface area (TPSA) is 49.1 Å². The Morgan fingerprint density at radius 1 is 2.00 bits per heavy atom. The van der Waals surface area contributed by atoms with Crippen molar-refractivity contribution < 1.29 is 4.42 Å². The molecular formula is C2H7N2OP. The quantitative estimate of drug-likeness (QED) is 0.254. The molecule has 0 aromatic heterocycles. The number of rotatable bonds is 0. The lowest BCUT2D eigenvalue weighted by Crippen LogP contribution is -2.12. The highest BCUT2D eigenvalue weighted by molar-refractivity contribution is 7.09. The van der Waals surface area contributed by atoms with Crippen molar-refractivity contribution in [3.8, 4) is 0 Å². The molecule has 1 aliphatic rings. The molecule has 0 aromatic rings. The Morgan fingerprint density at radius 2 is 2.17 bits per heavy atom. The van der Waals surface area contributed by atoms with E-state index in [4.69, 9.17) is 5.73 Å². The summed E-state index contributed by atoms with van der Waals surface area (Å²) in [5.74, 6) is 0. The smallest absolute Gasteiger partial charge is 0.191 e. The summed E-state index contributed by atoms with van der Waals surface area (Å²) in [6.07, 6.45) is -0.157. The second-order valence-electron chi connectivity index (χ2n) is 1.60. The third-order valence-corrected chi connectivity index (χ3v) is 1.49. The molecule has 1 fully saturated rings. The molecule has 1 heterocycles. The largest absolute Gasteiger partial charge is 0.631 e. The Balaban J connectivity index is 2.41. The number of hydroxylamine groups is 2.